The van der Waals surface area contributed by atoms with Crippen LogP contribution in [0.4, 0.5) is 0 Å². The summed E-state index contributed by atoms with van der Waals surface area (Å²) in [5.74, 6) is 0.412. The Kier molecular flexibility index (Phi) is 5.98. The van der Waals surface area contributed by atoms with E-state index in [0.717, 1.165) is 0 Å². The molecule has 1 N–H and O–H groups in total. The lowest BCUT2D eigenvalue weighted by Crippen LogP contribution is -2.30. The van der Waals surface area contributed by atoms with Crippen molar-refractivity contribution >= 4 is 17.3 Å². The lowest BCUT2D eigenvalue weighted by molar-refractivity contribution is -0.122. The Morgan fingerprint density at radius 1 is 1.10 bits per heavy atom. The molecular weight excluding hydrogens is 260 g/mol. The summed E-state index contributed by atoms with van der Waals surface area (Å²) in [4.78, 5) is 36.1. The summed E-state index contributed by atoms with van der Waals surface area (Å²) in [6.45, 7) is 4.16. The van der Waals surface area contributed by atoms with Gasteiger partial charge in [0.05, 0.1) is 24.7 Å². The zero-order chi connectivity index (χ0) is 15.4. The van der Waals surface area contributed by atoms with E-state index < -0.39 is 0 Å². The molecule has 6 nitrogen and oxygen atoms in total. The van der Waals surface area contributed by atoms with Crippen LogP contribution < -0.4 is 0 Å². The van der Waals surface area contributed by atoms with Crippen molar-refractivity contribution in [3.8, 4) is 0 Å². The quantitative estimate of drug-likeness (QED) is 0.736. The smallest absolute Gasteiger partial charge is 0.148 e. The largest absolute Gasteiger partial charge is 0.392 e. The van der Waals surface area contributed by atoms with Crippen LogP contribution in [0.5, 0.6) is 0 Å². The van der Waals surface area contributed by atoms with Crippen molar-refractivity contribution in [1.82, 2.24) is 9.80 Å². The number of β-amino-alcohol motifs (C(OH)–C–C–N with tert-alkyl or cyclic N) is 1. The summed E-state index contributed by atoms with van der Waals surface area (Å²) in [5.41, 5.74) is 0. The highest BCUT2D eigenvalue weighted by atomic mass is 16.3. The van der Waals surface area contributed by atoms with Gasteiger partial charge in [-0.25, -0.2) is 0 Å². The third kappa shape index (κ3) is 4.47. The van der Waals surface area contributed by atoms with Crippen molar-refractivity contribution in [2.45, 2.75) is 44.9 Å². The number of hydrogen-bond acceptors (Lipinski definition) is 6. The molecule has 0 aromatic carbocycles. The van der Waals surface area contributed by atoms with Gasteiger partial charge in [0, 0.05) is 13.0 Å². The zero-order valence-electron chi connectivity index (χ0n) is 12.6. The fourth-order valence-electron chi connectivity index (χ4n) is 2.73. The fourth-order valence-corrected chi connectivity index (χ4v) is 2.73. The van der Waals surface area contributed by atoms with E-state index in [2.05, 4.69) is 0 Å². The third-order valence-corrected chi connectivity index (χ3v) is 3.84. The van der Waals surface area contributed by atoms with Gasteiger partial charge in [0.25, 0.3) is 0 Å². The van der Waals surface area contributed by atoms with Crippen molar-refractivity contribution in [1.29, 1.82) is 0 Å². The molecule has 0 aromatic heterocycles. The average molecular weight is 284 g/mol. The number of carbonyl (C=O) groups excluding carboxylic acids is 3. The number of carbonyl (C=O) groups is 3. The number of likely N-dealkylation sites (N-methyl/N-ethyl adjacent to an activating group) is 2. The van der Waals surface area contributed by atoms with E-state index in [4.69, 9.17) is 5.11 Å². The van der Waals surface area contributed by atoms with Crippen molar-refractivity contribution in [3.05, 3.63) is 0 Å². The van der Waals surface area contributed by atoms with Gasteiger partial charge < -0.3 is 5.11 Å². The van der Waals surface area contributed by atoms with E-state index in [9.17, 15) is 14.4 Å². The third-order valence-electron chi connectivity index (χ3n) is 3.84. The average Bonchev–Trinajstić information content (AvgIpc) is 2.82. The van der Waals surface area contributed by atoms with Gasteiger partial charge in [-0.2, -0.15) is 0 Å². The SMILES string of the molecule is CC(=O)C1CC(=O)CN1C.CC(=O)C1CC(O)CN1C. The lowest BCUT2D eigenvalue weighted by atomic mass is 10.1. The first-order valence-electron chi connectivity index (χ1n) is 6.83. The molecule has 2 rings (SSSR count). The topological polar surface area (TPSA) is 77.9 Å². The Labute approximate surface area is 119 Å². The van der Waals surface area contributed by atoms with E-state index in [1.807, 2.05) is 11.9 Å². The summed E-state index contributed by atoms with van der Waals surface area (Å²) in [6, 6.07) is -0.192. The van der Waals surface area contributed by atoms with E-state index in [-0.39, 0.29) is 35.5 Å². The second kappa shape index (κ2) is 7.06. The Hall–Kier alpha value is -1.11. The number of aliphatic hydroxyl groups excluding tert-OH is 1. The summed E-state index contributed by atoms with van der Waals surface area (Å²) < 4.78 is 0. The predicted molar refractivity (Wildman–Crippen MR) is 74.4 cm³/mol. The molecule has 114 valence electrons. The second-order valence-electron chi connectivity index (χ2n) is 5.74. The van der Waals surface area contributed by atoms with Crippen LogP contribution in [0, 0.1) is 0 Å². The van der Waals surface area contributed by atoms with E-state index in [1.165, 1.54) is 6.92 Å². The first kappa shape index (κ1) is 16.9. The maximum absolute atomic E-state index is 10.8. The number of aliphatic hydroxyl groups is 1. The molecule has 0 spiro atoms. The van der Waals surface area contributed by atoms with Crippen molar-refractivity contribution in [2.24, 2.45) is 0 Å². The minimum Gasteiger partial charge on any atom is -0.392 e. The molecule has 0 amide bonds. The summed E-state index contributed by atoms with van der Waals surface area (Å²) in [5, 5.41) is 9.12. The number of hydrogen-bond donors (Lipinski definition) is 1. The first-order chi connectivity index (χ1) is 9.22. The molecule has 0 bridgehead atoms. The molecule has 2 aliphatic heterocycles. The molecule has 3 unspecified atom stereocenters. The molecule has 0 aliphatic carbocycles. The Morgan fingerprint density at radius 2 is 1.65 bits per heavy atom. The highest BCUT2D eigenvalue weighted by Crippen LogP contribution is 2.15. The van der Waals surface area contributed by atoms with Crippen LogP contribution in [0.2, 0.25) is 0 Å². The molecule has 2 aliphatic rings. The van der Waals surface area contributed by atoms with Gasteiger partial charge in [-0.1, -0.05) is 0 Å². The standard InChI is InChI=1S/C7H13NO2.C7H11NO2/c2*1-5(9)7-3-6(10)4-8(7)2/h6-7,10H,3-4H2,1-2H3;7H,3-4H2,1-2H3. The van der Waals surface area contributed by atoms with E-state index in [0.29, 0.717) is 25.9 Å². The number of ketones is 3. The number of nitrogens with zero attached hydrogens (tertiary/aromatic N) is 2. The molecule has 3 atom stereocenters. The van der Waals surface area contributed by atoms with Crippen molar-refractivity contribution in [3.63, 3.8) is 0 Å². The highest BCUT2D eigenvalue weighted by Gasteiger charge is 2.31. The van der Waals surface area contributed by atoms with Gasteiger partial charge >= 0.3 is 0 Å². The Bertz CT molecular complexity index is 397. The zero-order valence-corrected chi connectivity index (χ0v) is 12.6. The molecule has 0 radical (unpaired) electrons. The van der Waals surface area contributed by atoms with Gasteiger partial charge in [-0.05, 0) is 34.4 Å². The second-order valence-corrected chi connectivity index (χ2v) is 5.74. The van der Waals surface area contributed by atoms with Crippen LogP contribution >= 0.6 is 0 Å². The van der Waals surface area contributed by atoms with Crippen molar-refractivity contribution < 1.29 is 19.5 Å². The fraction of sp³-hybridized carbons (Fsp3) is 0.786. The first-order valence-corrected chi connectivity index (χ1v) is 6.83. The van der Waals surface area contributed by atoms with Crippen LogP contribution in [0.1, 0.15) is 26.7 Å². The van der Waals surface area contributed by atoms with Gasteiger partial charge in [0.2, 0.25) is 0 Å². The van der Waals surface area contributed by atoms with Gasteiger partial charge in [0.15, 0.2) is 0 Å². The van der Waals surface area contributed by atoms with E-state index in [1.54, 1.807) is 18.9 Å². The normalized spacial score (nSPS) is 31.1. The maximum atomic E-state index is 10.8. The highest BCUT2D eigenvalue weighted by molar-refractivity contribution is 5.93. The number of Topliss-reactive ketones (excluding diaryl/α,β-unsaturated/α-hetero) is 3. The summed E-state index contributed by atoms with van der Waals surface area (Å²) in [6.07, 6.45) is 0.705. The van der Waals surface area contributed by atoms with Crippen molar-refractivity contribution in [2.75, 3.05) is 27.2 Å². The van der Waals surface area contributed by atoms with Crippen LogP contribution in [-0.4, -0.2) is 77.6 Å². The van der Waals surface area contributed by atoms with Gasteiger partial charge in [0.1, 0.15) is 17.3 Å². The van der Waals surface area contributed by atoms with Crippen LogP contribution in [-0.2, 0) is 14.4 Å². The van der Waals surface area contributed by atoms with Gasteiger partial charge in [-0.3, -0.25) is 24.2 Å². The molecule has 20 heavy (non-hydrogen) atoms. The molecule has 0 aromatic rings. The summed E-state index contributed by atoms with van der Waals surface area (Å²) in [7, 11) is 3.67. The Balaban J connectivity index is 0.000000200. The van der Waals surface area contributed by atoms with Crippen LogP contribution in [0.3, 0.4) is 0 Å². The number of likely N-dealkylation sites (tertiary alicyclic amines) is 2. The minimum absolute atomic E-state index is 0.0463. The number of rotatable bonds is 2. The molecule has 0 saturated carbocycles. The predicted octanol–water partition coefficient (Wildman–Crippen LogP) is -0.511. The summed E-state index contributed by atoms with van der Waals surface area (Å²) >= 11 is 0. The van der Waals surface area contributed by atoms with Gasteiger partial charge in [-0.15, -0.1) is 0 Å². The molecule has 6 heteroatoms. The Morgan fingerprint density at radius 3 is 1.85 bits per heavy atom. The monoisotopic (exact) mass is 284 g/mol. The maximum Gasteiger partial charge on any atom is 0.148 e. The van der Waals surface area contributed by atoms with Crippen LogP contribution in [0.15, 0.2) is 0 Å². The molecule has 2 saturated heterocycles. The minimum atomic E-state index is -0.307. The van der Waals surface area contributed by atoms with E-state index >= 15 is 0 Å². The lowest BCUT2D eigenvalue weighted by Gasteiger charge is -2.14. The molecular formula is C14H24N2O4. The van der Waals surface area contributed by atoms with Crippen LogP contribution in [0.25, 0.3) is 0 Å². The molecule has 2 fully saturated rings. The molecule has 2 heterocycles.